The van der Waals surface area contributed by atoms with Crippen LogP contribution in [0.1, 0.15) is 105 Å². The zero-order valence-corrected chi connectivity index (χ0v) is 36.3. The van der Waals surface area contributed by atoms with Gasteiger partial charge in [-0.1, -0.05) is 59.8 Å². The summed E-state index contributed by atoms with van der Waals surface area (Å²) in [4.78, 5) is 71.9. The molecule has 1 fully saturated rings. The topological polar surface area (TPSA) is 205 Å². The first-order valence-electron chi connectivity index (χ1n) is 20.8. The van der Waals surface area contributed by atoms with Crippen LogP contribution >= 0.6 is 0 Å². The molecule has 9 atom stereocenters. The number of rotatable bonds is 5. The zero-order valence-electron chi connectivity index (χ0n) is 36.3. The summed E-state index contributed by atoms with van der Waals surface area (Å²) in [5.74, 6) is -9.10. The highest BCUT2D eigenvalue weighted by Gasteiger charge is 2.52. The van der Waals surface area contributed by atoms with E-state index in [4.69, 9.17) is 14.2 Å². The van der Waals surface area contributed by atoms with E-state index in [0.717, 1.165) is 26.1 Å². The number of aliphatic hydroxyl groups excluding tert-OH is 2. The lowest BCUT2D eigenvalue weighted by Crippen LogP contribution is -2.45. The molecule has 15 heteroatoms. The first-order chi connectivity index (χ1) is 28.2. The molecule has 6 rings (SSSR count). The number of amides is 1. The quantitative estimate of drug-likeness (QED) is 0.236. The van der Waals surface area contributed by atoms with Crippen LogP contribution in [0.5, 0.6) is 11.5 Å². The van der Waals surface area contributed by atoms with Gasteiger partial charge in [0.15, 0.2) is 5.78 Å². The molecule has 4 heterocycles. The highest BCUT2D eigenvalue weighted by Crippen LogP contribution is 2.48. The molecule has 15 nitrogen and oxygen atoms in total. The number of phenols is 1. The molecule has 0 unspecified atom stereocenters. The number of carbonyl (C=O) groups is 5. The van der Waals surface area contributed by atoms with Crippen LogP contribution in [0.3, 0.4) is 0 Å². The number of nitrogens with zero attached hydrogens (tertiary/aromatic N) is 3. The molecule has 0 saturated carbocycles. The van der Waals surface area contributed by atoms with Gasteiger partial charge in [0, 0.05) is 68.9 Å². The summed E-state index contributed by atoms with van der Waals surface area (Å²) in [5.41, 5.74) is -1.66. The number of benzene rings is 1. The molecule has 1 aliphatic carbocycles. The summed E-state index contributed by atoms with van der Waals surface area (Å²) in [7, 11) is 0. The number of aliphatic hydroxyl groups is 2. The van der Waals surface area contributed by atoms with Crippen LogP contribution in [-0.2, 0) is 19.1 Å². The number of hydrogen-bond acceptors (Lipinski definition) is 14. The van der Waals surface area contributed by atoms with Crippen molar-refractivity contribution in [1.29, 1.82) is 0 Å². The van der Waals surface area contributed by atoms with Gasteiger partial charge in [0.05, 0.1) is 46.9 Å². The van der Waals surface area contributed by atoms with Crippen molar-refractivity contribution in [3.63, 3.8) is 0 Å². The Morgan fingerprint density at radius 3 is 2.23 bits per heavy atom. The normalized spacial score (nSPS) is 32.9. The van der Waals surface area contributed by atoms with Gasteiger partial charge in [-0.05, 0) is 44.7 Å². The van der Waals surface area contributed by atoms with E-state index in [-0.39, 0.29) is 33.9 Å². The second-order valence-corrected chi connectivity index (χ2v) is 16.8. The van der Waals surface area contributed by atoms with Crippen LogP contribution in [0.2, 0.25) is 0 Å². The second kappa shape index (κ2) is 18.7. The average Bonchev–Trinajstić information content (AvgIpc) is 3.47. The largest absolute Gasteiger partial charge is 0.507 e. The molecule has 326 valence electrons. The lowest BCUT2D eigenvalue weighted by atomic mass is 9.77. The number of carbonyl (C=O) groups excluding carboxylic acids is 5. The maximum absolute atomic E-state index is 14.7. The lowest BCUT2D eigenvalue weighted by molar-refractivity contribution is -0.158. The second-order valence-electron chi connectivity index (χ2n) is 16.8. The van der Waals surface area contributed by atoms with Gasteiger partial charge in [0.2, 0.25) is 5.78 Å². The summed E-state index contributed by atoms with van der Waals surface area (Å²) >= 11 is 0. The standard InChI is InChI=1S/C45H60N4O11/c1-11-16-48-17-19-49(20-18-48)46-22-31-35-40(55)33-32(39(31)54)34-42(29(8)38(33)53)60-45(10,43(34)56)58-21-15-23(2)26(5)41(59-30(9)50)28(7)37(52)27(6)36(51)24(3)13-12-14-25(4)44(57)47-35/h12-15,21-24,26-28,36-37,41,51-53H,11,16-20H2,1-10H3,(H,47,57)/b13-12+,21-15+,25-14-,46-22+/t23-,24-,26+,27+,28+,36-,37+,41+,45-/m0/s1. The van der Waals surface area contributed by atoms with Gasteiger partial charge >= 0.3 is 11.8 Å². The molecular formula is C45H60N4O11. The van der Waals surface area contributed by atoms with Gasteiger partial charge in [0.25, 0.3) is 11.7 Å². The highest BCUT2D eigenvalue weighted by molar-refractivity contribution is 6.37. The number of esters is 1. The van der Waals surface area contributed by atoms with Crippen LogP contribution in [0, 0.1) is 36.5 Å². The van der Waals surface area contributed by atoms with Crippen molar-refractivity contribution in [2.75, 3.05) is 32.7 Å². The summed E-state index contributed by atoms with van der Waals surface area (Å²) < 4.78 is 17.8. The summed E-state index contributed by atoms with van der Waals surface area (Å²) in [6, 6.07) is 0. The summed E-state index contributed by atoms with van der Waals surface area (Å²) in [6.07, 6.45) is 6.92. The van der Waals surface area contributed by atoms with Gasteiger partial charge < -0.3 is 34.8 Å². The lowest BCUT2D eigenvalue weighted by Gasteiger charge is -2.37. The van der Waals surface area contributed by atoms with Gasteiger partial charge in [-0.2, -0.15) is 5.10 Å². The van der Waals surface area contributed by atoms with E-state index in [9.17, 15) is 39.3 Å². The molecule has 1 aromatic carbocycles. The molecule has 4 N–H and O–H groups in total. The van der Waals surface area contributed by atoms with E-state index in [1.54, 1.807) is 44.0 Å². The molecule has 5 bridgehead atoms. The fourth-order valence-corrected chi connectivity index (χ4v) is 8.24. The Morgan fingerprint density at radius 1 is 0.933 bits per heavy atom. The Hall–Kier alpha value is -5.12. The number of allylic oxidation sites excluding steroid dienone is 5. The summed E-state index contributed by atoms with van der Waals surface area (Å²) in [5, 5.41) is 43.3. The number of aromatic hydroxyl groups is 1. The van der Waals surface area contributed by atoms with E-state index in [1.807, 2.05) is 13.8 Å². The number of hydrogen-bond donors (Lipinski definition) is 4. The van der Waals surface area contributed by atoms with Crippen molar-refractivity contribution in [3.8, 4) is 11.5 Å². The van der Waals surface area contributed by atoms with E-state index < -0.39 is 99.6 Å². The highest BCUT2D eigenvalue weighted by atomic mass is 16.7. The molecule has 60 heavy (non-hydrogen) atoms. The van der Waals surface area contributed by atoms with E-state index in [2.05, 4.69) is 22.2 Å². The number of fused-ring (bicyclic) bond motifs is 14. The predicted molar refractivity (Wildman–Crippen MR) is 223 cm³/mol. The molecule has 0 radical (unpaired) electrons. The van der Waals surface area contributed by atoms with Crippen LogP contribution < -0.4 is 10.1 Å². The Bertz CT molecular complexity index is 2040. The number of phenolic OH excluding ortho intramolecular Hbond substituents is 1. The number of piperazine rings is 1. The fraction of sp³-hybridized carbons (Fsp3) is 0.556. The van der Waals surface area contributed by atoms with Gasteiger partial charge in [-0.3, -0.25) is 33.9 Å². The molecule has 1 amide bonds. The van der Waals surface area contributed by atoms with Crippen LogP contribution in [0.15, 0.2) is 52.5 Å². The first kappa shape index (κ1) is 46.0. The Labute approximate surface area is 351 Å². The van der Waals surface area contributed by atoms with Gasteiger partial charge in [-0.25, -0.2) is 0 Å². The third kappa shape index (κ3) is 9.13. The maximum atomic E-state index is 14.7. The van der Waals surface area contributed by atoms with Crippen molar-refractivity contribution in [2.24, 2.45) is 34.7 Å². The molecule has 0 aromatic heterocycles. The predicted octanol–water partition coefficient (Wildman–Crippen LogP) is 4.64. The molecule has 1 aromatic rings. The third-order valence-electron chi connectivity index (χ3n) is 12.4. The van der Waals surface area contributed by atoms with Gasteiger partial charge in [0.1, 0.15) is 23.3 Å². The minimum Gasteiger partial charge on any atom is -0.507 e. The Kier molecular flexibility index (Phi) is 14.3. The Morgan fingerprint density at radius 2 is 1.60 bits per heavy atom. The van der Waals surface area contributed by atoms with Crippen LogP contribution in [0.25, 0.3) is 0 Å². The number of hydrazone groups is 1. The van der Waals surface area contributed by atoms with Crippen molar-refractivity contribution < 1.29 is 53.5 Å². The van der Waals surface area contributed by atoms with E-state index in [0.29, 0.717) is 13.1 Å². The van der Waals surface area contributed by atoms with E-state index >= 15 is 0 Å². The van der Waals surface area contributed by atoms with Crippen molar-refractivity contribution in [2.45, 2.75) is 99.8 Å². The SMILES string of the molecule is CCCN1CCN(/N=C/C2=C3NC(=O)/C(C)=C\C=C\[C@H](C)[C@H](O)[C@@H](C)[C@@H](O)[C@@H](C)[C@H](OC(C)=O)[C@H](C)[C@@H](C)/C=C/O[C@@]4(C)Oc5c(C)c(O)c(c(c5C4=O)C2=O)C3=O)CC1. The number of Topliss-reactive ketones (excluding diaryl/α,β-unsaturated/α-hetero) is 3. The smallest absolute Gasteiger partial charge is 0.312 e. The number of ether oxygens (including phenoxy) is 3. The third-order valence-corrected chi connectivity index (χ3v) is 12.4. The first-order valence-corrected chi connectivity index (χ1v) is 20.8. The minimum absolute atomic E-state index is 0.0123. The number of nitrogens with one attached hydrogen (secondary N) is 1. The zero-order chi connectivity index (χ0) is 44.4. The monoisotopic (exact) mass is 832 g/mol. The van der Waals surface area contributed by atoms with Crippen LogP contribution in [0.4, 0.5) is 0 Å². The Balaban J connectivity index is 1.63. The number of ketones is 3. The van der Waals surface area contributed by atoms with Gasteiger partial charge in [-0.15, -0.1) is 0 Å². The fourth-order valence-electron chi connectivity index (χ4n) is 8.24. The minimum atomic E-state index is -2.04. The molecule has 1 saturated heterocycles. The maximum Gasteiger partial charge on any atom is 0.312 e. The van der Waals surface area contributed by atoms with E-state index in [1.165, 1.54) is 46.2 Å². The van der Waals surface area contributed by atoms with Crippen molar-refractivity contribution >= 4 is 35.4 Å². The molecule has 4 aliphatic heterocycles. The average molecular weight is 833 g/mol. The van der Waals surface area contributed by atoms with Crippen LogP contribution in [-0.4, -0.2) is 117 Å². The van der Waals surface area contributed by atoms with Crippen molar-refractivity contribution in [3.05, 3.63) is 69.7 Å². The summed E-state index contributed by atoms with van der Waals surface area (Å²) in [6.45, 7) is 20.1. The molecular weight excluding hydrogens is 773 g/mol. The van der Waals surface area contributed by atoms with Crippen molar-refractivity contribution in [1.82, 2.24) is 15.2 Å². The molecule has 5 aliphatic rings. The molecule has 0 spiro atoms.